The third kappa shape index (κ3) is 7.15. The molecule has 0 aliphatic heterocycles. The number of hydrogen-bond acceptors (Lipinski definition) is 1. The standard InChI is InChI=1S/C21H24BrNOS/c1-21(2,3)25(24)23-20(14-12-17-8-5-4-6-9-17)15-13-18-10-7-11-19(22)16-18/h4-11,16,20,23H,13,15H2,1-3H3/t20-,25?/m0/s1. The van der Waals surface area contributed by atoms with Crippen molar-refractivity contribution in [1.29, 1.82) is 0 Å². The molecule has 4 heteroatoms. The molecular weight excluding hydrogens is 394 g/mol. The van der Waals surface area contributed by atoms with Crippen molar-refractivity contribution in [2.75, 3.05) is 0 Å². The van der Waals surface area contributed by atoms with Gasteiger partial charge in [-0.1, -0.05) is 58.1 Å². The van der Waals surface area contributed by atoms with E-state index in [4.69, 9.17) is 0 Å². The normalized spacial score (nSPS) is 13.6. The lowest BCUT2D eigenvalue weighted by molar-refractivity contribution is 0.612. The fourth-order valence-electron chi connectivity index (χ4n) is 2.16. The molecule has 0 spiro atoms. The molecule has 0 aromatic heterocycles. The summed E-state index contributed by atoms with van der Waals surface area (Å²) in [6.45, 7) is 5.89. The van der Waals surface area contributed by atoms with Crippen LogP contribution in [-0.4, -0.2) is 15.0 Å². The third-order valence-corrected chi connectivity index (χ3v) is 5.68. The maximum Gasteiger partial charge on any atom is 0.0981 e. The zero-order valence-corrected chi connectivity index (χ0v) is 17.3. The van der Waals surface area contributed by atoms with Gasteiger partial charge in [0.25, 0.3) is 0 Å². The molecular formula is C21H24BrNOS. The van der Waals surface area contributed by atoms with Crippen molar-refractivity contribution in [2.24, 2.45) is 0 Å². The molecule has 0 heterocycles. The van der Waals surface area contributed by atoms with Gasteiger partial charge >= 0.3 is 0 Å². The lowest BCUT2D eigenvalue weighted by Gasteiger charge is -2.21. The predicted molar refractivity (Wildman–Crippen MR) is 111 cm³/mol. The minimum Gasteiger partial charge on any atom is -0.242 e. The number of hydrogen-bond donors (Lipinski definition) is 1. The summed E-state index contributed by atoms with van der Waals surface area (Å²) in [6, 6.07) is 18.0. The van der Waals surface area contributed by atoms with Gasteiger partial charge in [-0.05, 0) is 63.4 Å². The molecule has 0 amide bonds. The van der Waals surface area contributed by atoms with Crippen LogP contribution in [0, 0.1) is 11.8 Å². The molecule has 2 atom stereocenters. The maximum atomic E-state index is 12.5. The van der Waals surface area contributed by atoms with E-state index in [0.29, 0.717) is 0 Å². The second kappa shape index (κ2) is 9.33. The lowest BCUT2D eigenvalue weighted by atomic mass is 10.1. The van der Waals surface area contributed by atoms with Gasteiger partial charge < -0.3 is 0 Å². The van der Waals surface area contributed by atoms with Gasteiger partial charge in [-0.15, -0.1) is 0 Å². The summed E-state index contributed by atoms with van der Waals surface area (Å²) in [6.07, 6.45) is 1.68. The van der Waals surface area contributed by atoms with Crippen LogP contribution in [0.15, 0.2) is 59.1 Å². The zero-order chi connectivity index (χ0) is 18.3. The van der Waals surface area contributed by atoms with E-state index in [1.165, 1.54) is 5.56 Å². The first-order valence-electron chi connectivity index (χ1n) is 8.34. The molecule has 2 aromatic rings. The van der Waals surface area contributed by atoms with Gasteiger partial charge in [0, 0.05) is 10.0 Å². The largest absolute Gasteiger partial charge is 0.242 e. The van der Waals surface area contributed by atoms with Gasteiger partial charge in [-0.25, -0.2) is 8.93 Å². The van der Waals surface area contributed by atoms with Crippen molar-refractivity contribution in [1.82, 2.24) is 4.72 Å². The Balaban J connectivity index is 2.11. The molecule has 2 nitrogen and oxygen atoms in total. The molecule has 1 N–H and O–H groups in total. The molecule has 25 heavy (non-hydrogen) atoms. The minimum absolute atomic E-state index is 0.126. The Morgan fingerprint density at radius 2 is 1.84 bits per heavy atom. The molecule has 0 radical (unpaired) electrons. The van der Waals surface area contributed by atoms with Gasteiger partial charge in [-0.2, -0.15) is 0 Å². The highest BCUT2D eigenvalue weighted by atomic mass is 79.9. The van der Waals surface area contributed by atoms with Gasteiger partial charge in [0.2, 0.25) is 0 Å². The second-order valence-electron chi connectivity index (χ2n) is 6.86. The first kappa shape index (κ1) is 19.9. The third-order valence-electron chi connectivity index (χ3n) is 3.58. The summed E-state index contributed by atoms with van der Waals surface area (Å²) in [5, 5.41) is 0. The number of aryl methyl sites for hydroxylation is 1. The smallest absolute Gasteiger partial charge is 0.0981 e. The summed E-state index contributed by atoms with van der Waals surface area (Å²) in [7, 11) is -1.15. The molecule has 2 aromatic carbocycles. The molecule has 0 saturated carbocycles. The fraction of sp³-hybridized carbons (Fsp3) is 0.333. The van der Waals surface area contributed by atoms with Crippen LogP contribution >= 0.6 is 15.9 Å². The summed E-state index contributed by atoms with van der Waals surface area (Å²) >= 11 is 3.50. The zero-order valence-electron chi connectivity index (χ0n) is 14.9. The van der Waals surface area contributed by atoms with Crippen LogP contribution in [0.25, 0.3) is 0 Å². The average Bonchev–Trinajstić information content (AvgIpc) is 2.57. The molecule has 2 rings (SSSR count). The van der Waals surface area contributed by atoms with Crippen molar-refractivity contribution < 1.29 is 4.21 Å². The van der Waals surface area contributed by atoms with E-state index in [1.54, 1.807) is 0 Å². The van der Waals surface area contributed by atoms with Gasteiger partial charge in [0.05, 0.1) is 21.8 Å². The van der Waals surface area contributed by atoms with Crippen LogP contribution in [0.3, 0.4) is 0 Å². The van der Waals surface area contributed by atoms with Gasteiger partial charge in [-0.3, -0.25) is 0 Å². The highest BCUT2D eigenvalue weighted by Crippen LogP contribution is 2.15. The van der Waals surface area contributed by atoms with Crippen molar-refractivity contribution in [3.05, 3.63) is 70.2 Å². The monoisotopic (exact) mass is 417 g/mol. The van der Waals surface area contributed by atoms with E-state index >= 15 is 0 Å². The average molecular weight is 418 g/mol. The first-order valence-corrected chi connectivity index (χ1v) is 10.3. The number of nitrogens with one attached hydrogen (secondary N) is 1. The molecule has 132 valence electrons. The van der Waals surface area contributed by atoms with Crippen LogP contribution in [-0.2, 0) is 17.4 Å². The summed E-state index contributed by atoms with van der Waals surface area (Å²) in [5.74, 6) is 6.45. The van der Waals surface area contributed by atoms with E-state index in [2.05, 4.69) is 44.6 Å². The molecule has 1 unspecified atom stereocenters. The predicted octanol–water partition coefficient (Wildman–Crippen LogP) is 4.85. The number of rotatable bonds is 5. The summed E-state index contributed by atoms with van der Waals surface area (Å²) < 4.78 is 16.4. The van der Waals surface area contributed by atoms with Crippen LogP contribution in [0.5, 0.6) is 0 Å². The van der Waals surface area contributed by atoms with Crippen molar-refractivity contribution >= 4 is 26.9 Å². The minimum atomic E-state index is -1.15. The highest BCUT2D eigenvalue weighted by molar-refractivity contribution is 9.10. The topological polar surface area (TPSA) is 29.1 Å². The van der Waals surface area contributed by atoms with Crippen LogP contribution in [0.4, 0.5) is 0 Å². The van der Waals surface area contributed by atoms with E-state index in [-0.39, 0.29) is 10.8 Å². The van der Waals surface area contributed by atoms with Crippen LogP contribution in [0.1, 0.15) is 38.3 Å². The Bertz CT molecular complexity index is 772. The SMILES string of the molecule is CC(C)(C)S(=O)N[C@@H](C#Cc1ccccc1)CCc1cccc(Br)c1. The van der Waals surface area contributed by atoms with E-state index in [0.717, 1.165) is 22.9 Å². The van der Waals surface area contributed by atoms with Crippen LogP contribution < -0.4 is 4.72 Å². The van der Waals surface area contributed by atoms with Crippen molar-refractivity contribution in [3.63, 3.8) is 0 Å². The Morgan fingerprint density at radius 1 is 1.12 bits per heavy atom. The Kier molecular flexibility index (Phi) is 7.43. The maximum absolute atomic E-state index is 12.5. The van der Waals surface area contributed by atoms with Crippen molar-refractivity contribution in [3.8, 4) is 11.8 Å². The Labute approximate surface area is 162 Å². The molecule has 0 aliphatic carbocycles. The molecule has 0 fully saturated rings. The van der Waals surface area contributed by atoms with E-state index in [9.17, 15) is 4.21 Å². The first-order chi connectivity index (χ1) is 11.8. The Morgan fingerprint density at radius 3 is 2.48 bits per heavy atom. The lowest BCUT2D eigenvalue weighted by Crippen LogP contribution is -2.39. The van der Waals surface area contributed by atoms with Crippen molar-refractivity contribution in [2.45, 2.75) is 44.4 Å². The number of halogens is 1. The van der Waals surface area contributed by atoms with Gasteiger partial charge in [0.15, 0.2) is 0 Å². The Hall–Kier alpha value is -1.41. The molecule has 0 bridgehead atoms. The summed E-state index contributed by atoms with van der Waals surface area (Å²) in [5.41, 5.74) is 2.21. The number of benzene rings is 2. The quantitative estimate of drug-likeness (QED) is 0.691. The second-order valence-corrected chi connectivity index (χ2v) is 9.77. The molecule has 0 saturated heterocycles. The fourth-order valence-corrected chi connectivity index (χ4v) is 3.40. The van der Waals surface area contributed by atoms with Gasteiger partial charge in [0.1, 0.15) is 0 Å². The van der Waals surface area contributed by atoms with Crippen LogP contribution in [0.2, 0.25) is 0 Å². The molecule has 0 aliphatic rings. The summed E-state index contributed by atoms with van der Waals surface area (Å²) in [4.78, 5) is 0. The highest BCUT2D eigenvalue weighted by Gasteiger charge is 2.22. The van der Waals surface area contributed by atoms with E-state index in [1.807, 2.05) is 63.2 Å². The van der Waals surface area contributed by atoms with E-state index < -0.39 is 11.0 Å².